The number of benzene rings is 4. The Labute approximate surface area is 473 Å². The molecular formula is C69H83N3O8. The highest BCUT2D eigenvalue weighted by Gasteiger charge is 2.64. The standard InChI is InChI=1S/C69H83N3O8/c1-45-14-9-19-48(21-11-20-47-16-5-4-6-17-47)18-7-8-37-80-44-53(25-10-15-45)58-34-36-69(65(58)77)60-32-31-56(74)41-51-23-12-22-50(38-51)40-54(39-49-27-29-55(73)30-28-49)62(76)43-71-64-63-52(24-13-26-59(63)66(70)72-67(64)78)42-61(75)46(2)57(60)33-35-68(69,3)79/h4-6,10,12-13,15-17,19,22-30,38,54,56,58,60,62,64-66,71,73-74,76-77,79H,1,9,11,14,18,20-21,31-37,39-44,70H2,2-3H3,(H,72,78). The maximum absolute atomic E-state index is 15.1. The van der Waals surface area contributed by atoms with Gasteiger partial charge in [0.05, 0.1) is 30.5 Å². The number of Topliss-reactive ketones (excluding diaryl/α,β-unsaturated/α-hetero) is 1. The molecule has 80 heavy (non-hydrogen) atoms. The molecule has 9 N–H and O–H groups in total. The average molecular weight is 1080 g/mol. The van der Waals surface area contributed by atoms with Crippen LogP contribution in [0.15, 0.2) is 156 Å². The maximum atomic E-state index is 15.1. The number of β-amino-alcohol motifs (C(OH)–C–C–N with tert-alkyl or cyclic N) is 1. The minimum absolute atomic E-state index is 0.0301. The summed E-state index contributed by atoms with van der Waals surface area (Å²) in [6, 6.07) is 30.3. The number of aromatic hydroxyl groups is 1. The van der Waals surface area contributed by atoms with Crippen molar-refractivity contribution in [3.05, 3.63) is 195 Å². The van der Waals surface area contributed by atoms with Gasteiger partial charge in [0.2, 0.25) is 5.91 Å². The summed E-state index contributed by atoms with van der Waals surface area (Å²) >= 11 is 0. The van der Waals surface area contributed by atoms with Gasteiger partial charge in [0.15, 0.2) is 5.78 Å². The van der Waals surface area contributed by atoms with Gasteiger partial charge in [0, 0.05) is 30.7 Å². The van der Waals surface area contributed by atoms with Crippen molar-refractivity contribution in [1.29, 1.82) is 0 Å². The third kappa shape index (κ3) is 13.7. The van der Waals surface area contributed by atoms with E-state index in [1.54, 1.807) is 12.1 Å². The maximum Gasteiger partial charge on any atom is 0.243 e. The number of phenols is 1. The highest BCUT2D eigenvalue weighted by molar-refractivity contribution is 5.98. The first kappa shape index (κ1) is 58.5. The molecule has 4 aromatic carbocycles. The number of aryl methyl sites for hydroxylation is 1. The van der Waals surface area contributed by atoms with Gasteiger partial charge in [-0.05, 0) is 178 Å². The minimum Gasteiger partial charge on any atom is -0.508 e. The zero-order chi connectivity index (χ0) is 56.4. The Bertz CT molecular complexity index is 3040. The lowest BCUT2D eigenvalue weighted by Crippen LogP contribution is -2.59. The molecular weight excluding hydrogens is 999 g/mol. The van der Waals surface area contributed by atoms with Gasteiger partial charge in [0.25, 0.3) is 0 Å². The van der Waals surface area contributed by atoms with Gasteiger partial charge < -0.3 is 41.3 Å². The predicted octanol–water partition coefficient (Wildman–Crippen LogP) is 9.81. The van der Waals surface area contributed by atoms with E-state index in [9.17, 15) is 30.3 Å². The Morgan fingerprint density at radius 2 is 1.64 bits per heavy atom. The molecule has 3 aliphatic heterocycles. The van der Waals surface area contributed by atoms with E-state index in [2.05, 4.69) is 65.5 Å². The number of carbonyl (C=O) groups excluding carboxylic acids is 2. The van der Waals surface area contributed by atoms with Crippen molar-refractivity contribution in [2.75, 3.05) is 19.8 Å². The van der Waals surface area contributed by atoms with E-state index < -0.39 is 47.5 Å². The molecule has 1 spiro atoms. The molecule has 10 unspecified atom stereocenters. The highest BCUT2D eigenvalue weighted by Crippen LogP contribution is 2.63. The molecule has 5 aliphatic rings. The summed E-state index contributed by atoms with van der Waals surface area (Å²) in [6.45, 7) is 8.62. The molecule has 10 atom stereocenters. The number of nitrogens with two attached hydrogens (primary N) is 1. The van der Waals surface area contributed by atoms with Crippen molar-refractivity contribution in [1.82, 2.24) is 10.6 Å². The number of fused-ring (bicyclic) bond motifs is 4. The van der Waals surface area contributed by atoms with E-state index in [-0.39, 0.29) is 55.5 Å². The quantitative estimate of drug-likeness (QED) is 0.0652. The molecule has 2 fully saturated rings. The fourth-order valence-corrected chi connectivity index (χ4v) is 13.9. The number of aliphatic hydroxyl groups excluding tert-OH is 3. The normalized spacial score (nSPS) is 29.4. The van der Waals surface area contributed by atoms with Crippen LogP contribution in [0.1, 0.15) is 136 Å². The van der Waals surface area contributed by atoms with Crippen molar-refractivity contribution < 1.29 is 39.9 Å². The second-order valence-corrected chi connectivity index (χ2v) is 23.6. The molecule has 9 rings (SSSR count). The summed E-state index contributed by atoms with van der Waals surface area (Å²) in [5.74, 6) is 5.12. The fraction of sp³-hybridized carbons (Fsp3) is 0.449. The summed E-state index contributed by atoms with van der Waals surface area (Å²) in [4.78, 5) is 29.1. The van der Waals surface area contributed by atoms with Crippen LogP contribution < -0.4 is 16.4 Å². The van der Waals surface area contributed by atoms with Crippen LogP contribution in [0, 0.1) is 35.0 Å². The third-order valence-corrected chi connectivity index (χ3v) is 18.3. The van der Waals surface area contributed by atoms with E-state index >= 15 is 4.79 Å². The summed E-state index contributed by atoms with van der Waals surface area (Å²) in [5, 5.41) is 66.6. The first-order chi connectivity index (χ1) is 38.6. The molecule has 3 heterocycles. The van der Waals surface area contributed by atoms with Gasteiger partial charge in [-0.25, -0.2) is 0 Å². The van der Waals surface area contributed by atoms with E-state index in [0.29, 0.717) is 86.5 Å². The average Bonchev–Trinajstić information content (AvgIpc) is 3.89. The third-order valence-electron chi connectivity index (χ3n) is 18.3. The number of allylic oxidation sites excluding steroid dienone is 8. The number of aliphatic hydroxyl groups is 4. The molecule has 2 bridgehead atoms. The fourth-order valence-electron chi connectivity index (χ4n) is 13.9. The minimum atomic E-state index is -1.34. The molecule has 11 nitrogen and oxygen atoms in total. The van der Waals surface area contributed by atoms with Gasteiger partial charge in [-0.15, -0.1) is 0 Å². The Morgan fingerprint density at radius 3 is 2.44 bits per heavy atom. The Kier molecular flexibility index (Phi) is 19.4. The summed E-state index contributed by atoms with van der Waals surface area (Å²) < 4.78 is 6.32. The first-order valence-electron chi connectivity index (χ1n) is 29.2. The van der Waals surface area contributed by atoms with Crippen LogP contribution in [-0.4, -0.2) is 80.9 Å². The molecule has 4 aromatic rings. The molecule has 2 saturated carbocycles. The number of amides is 1. The lowest BCUT2D eigenvalue weighted by atomic mass is 9.52. The van der Waals surface area contributed by atoms with Crippen LogP contribution in [0.25, 0.3) is 0 Å². The van der Waals surface area contributed by atoms with Crippen LogP contribution in [0.4, 0.5) is 0 Å². The number of ether oxygens (including phenoxy) is 1. The topological polar surface area (TPSA) is 195 Å². The van der Waals surface area contributed by atoms with Crippen LogP contribution >= 0.6 is 0 Å². The SMILES string of the molecule is C=C1C=CC=C(C2CCC3(C4CCC(O)Cc5cccc(c5)CC(Cc5ccc(O)cc5)C(O)CNC5C(=O)NC(N)c6cccc(c65)CC(=O)C(C)=C4CCC3(C)O)C2O)COCC#CCC(CCCc2ccccc2)=CCC1. The number of hydrogen-bond donors (Lipinski definition) is 8. The van der Waals surface area contributed by atoms with Crippen molar-refractivity contribution in [3.63, 3.8) is 0 Å². The summed E-state index contributed by atoms with van der Waals surface area (Å²) in [7, 11) is 0. The molecule has 1 amide bonds. The second-order valence-electron chi connectivity index (χ2n) is 23.6. The Morgan fingerprint density at radius 1 is 0.863 bits per heavy atom. The van der Waals surface area contributed by atoms with Crippen molar-refractivity contribution in [3.8, 4) is 17.6 Å². The van der Waals surface area contributed by atoms with Crippen LogP contribution in [0.3, 0.4) is 0 Å². The Hall–Kier alpha value is -6.20. The van der Waals surface area contributed by atoms with Gasteiger partial charge in [-0.2, -0.15) is 0 Å². The number of phenolic OH excluding ortho intramolecular Hbond substituents is 1. The molecule has 0 radical (unpaired) electrons. The first-order valence-corrected chi connectivity index (χ1v) is 29.2. The van der Waals surface area contributed by atoms with Crippen molar-refractivity contribution in [2.45, 2.75) is 153 Å². The number of rotatable bonds is 7. The summed E-state index contributed by atoms with van der Waals surface area (Å²) in [5.41, 5.74) is 15.0. The number of carbonyl (C=O) groups is 2. The smallest absolute Gasteiger partial charge is 0.243 e. The zero-order valence-corrected chi connectivity index (χ0v) is 46.8. The van der Waals surface area contributed by atoms with E-state index in [1.807, 2.05) is 86.7 Å². The van der Waals surface area contributed by atoms with Gasteiger partial charge in [0.1, 0.15) is 24.6 Å². The summed E-state index contributed by atoms with van der Waals surface area (Å²) in [6.07, 6.45) is 14.1. The van der Waals surface area contributed by atoms with Crippen LogP contribution in [0.5, 0.6) is 5.75 Å². The number of ketones is 1. The monoisotopic (exact) mass is 1080 g/mol. The van der Waals surface area contributed by atoms with Crippen molar-refractivity contribution in [2.24, 2.45) is 28.9 Å². The lowest BCUT2D eigenvalue weighted by molar-refractivity contribution is -0.168. The van der Waals surface area contributed by atoms with E-state index in [4.69, 9.17) is 10.5 Å². The van der Waals surface area contributed by atoms with Gasteiger partial charge in [-0.3, -0.25) is 14.9 Å². The largest absolute Gasteiger partial charge is 0.508 e. The molecule has 2 aliphatic carbocycles. The lowest BCUT2D eigenvalue weighted by Gasteiger charge is -2.56. The van der Waals surface area contributed by atoms with Gasteiger partial charge in [-0.1, -0.05) is 144 Å². The van der Waals surface area contributed by atoms with E-state index in [0.717, 1.165) is 65.5 Å². The predicted molar refractivity (Wildman–Crippen MR) is 315 cm³/mol. The van der Waals surface area contributed by atoms with Crippen LogP contribution in [0.2, 0.25) is 0 Å². The highest BCUT2D eigenvalue weighted by atomic mass is 16.5. The van der Waals surface area contributed by atoms with Crippen LogP contribution in [-0.2, 0) is 46.4 Å². The molecule has 0 aromatic heterocycles. The molecule has 422 valence electrons. The zero-order valence-electron chi connectivity index (χ0n) is 46.8. The number of hydrogen-bond acceptors (Lipinski definition) is 10. The number of nitrogens with one attached hydrogen (secondary N) is 2. The molecule has 11 heteroatoms. The van der Waals surface area contributed by atoms with E-state index in [1.165, 1.54) is 11.1 Å². The van der Waals surface area contributed by atoms with Crippen molar-refractivity contribution >= 4 is 11.7 Å². The second kappa shape index (κ2) is 26.6. The van der Waals surface area contributed by atoms with Gasteiger partial charge >= 0.3 is 0 Å². The Balaban J connectivity index is 1.02. The molecule has 0 saturated heterocycles.